The number of aromatic nitrogens is 2. The van der Waals surface area contributed by atoms with E-state index in [0.717, 1.165) is 16.9 Å². The van der Waals surface area contributed by atoms with Crippen LogP contribution in [0.3, 0.4) is 0 Å². The van der Waals surface area contributed by atoms with Crippen molar-refractivity contribution in [2.75, 3.05) is 13.1 Å². The Balaban J connectivity index is 2.73. The summed E-state index contributed by atoms with van der Waals surface area (Å²) in [6, 6.07) is 0.789. The van der Waals surface area contributed by atoms with Gasteiger partial charge in [0, 0.05) is 19.3 Å². The number of carbonyl (C=O) groups is 2. The summed E-state index contributed by atoms with van der Waals surface area (Å²) in [5, 5.41) is 12.0. The number of alkyl halides is 3. The second-order valence-electron chi connectivity index (χ2n) is 5.27. The molecule has 0 unspecified atom stereocenters. The van der Waals surface area contributed by atoms with Crippen LogP contribution in [-0.2, 0) is 22.3 Å². The molecule has 124 valence electrons. The summed E-state index contributed by atoms with van der Waals surface area (Å²) in [4.78, 5) is 24.0. The molecule has 0 spiro atoms. The summed E-state index contributed by atoms with van der Waals surface area (Å²) in [6.45, 7) is 3.70. The van der Waals surface area contributed by atoms with Gasteiger partial charge in [-0.2, -0.15) is 18.3 Å². The van der Waals surface area contributed by atoms with Gasteiger partial charge < -0.3 is 10.0 Å². The Morgan fingerprint density at radius 3 is 2.50 bits per heavy atom. The number of carbonyl (C=O) groups excluding carboxylic acids is 1. The second-order valence-corrected chi connectivity index (χ2v) is 5.27. The van der Waals surface area contributed by atoms with Gasteiger partial charge in [0.1, 0.15) is 6.54 Å². The number of hydrogen-bond donors (Lipinski definition) is 1. The van der Waals surface area contributed by atoms with E-state index in [4.69, 9.17) is 5.11 Å². The highest BCUT2D eigenvalue weighted by Crippen LogP contribution is 2.27. The second kappa shape index (κ2) is 7.28. The molecule has 1 rings (SSSR count). The predicted molar refractivity (Wildman–Crippen MR) is 70.9 cm³/mol. The van der Waals surface area contributed by atoms with Gasteiger partial charge in [-0.3, -0.25) is 14.3 Å². The number of aliphatic carboxylic acids is 1. The molecule has 0 bridgehead atoms. The molecule has 0 aliphatic heterocycles. The maximum atomic E-state index is 12.4. The Kier molecular flexibility index (Phi) is 5.95. The molecule has 0 saturated carbocycles. The molecule has 0 radical (unpaired) electrons. The third kappa shape index (κ3) is 5.74. The fourth-order valence-electron chi connectivity index (χ4n) is 1.83. The minimum Gasteiger partial charge on any atom is -0.481 e. The van der Waals surface area contributed by atoms with Crippen LogP contribution in [0.1, 0.15) is 26.0 Å². The molecule has 6 nitrogen and oxygen atoms in total. The number of nitrogens with zero attached hydrogens (tertiary/aromatic N) is 3. The zero-order chi connectivity index (χ0) is 16.9. The molecule has 0 fully saturated rings. The van der Waals surface area contributed by atoms with Crippen LogP contribution in [0, 0.1) is 5.92 Å². The number of rotatable bonds is 7. The Morgan fingerprint density at radius 1 is 1.41 bits per heavy atom. The van der Waals surface area contributed by atoms with Gasteiger partial charge in [-0.15, -0.1) is 0 Å². The number of halogens is 3. The zero-order valence-electron chi connectivity index (χ0n) is 12.3. The molecule has 0 saturated heterocycles. The van der Waals surface area contributed by atoms with Gasteiger partial charge in [0.25, 0.3) is 0 Å². The lowest BCUT2D eigenvalue weighted by atomic mass is 10.2. The maximum Gasteiger partial charge on any atom is 0.435 e. The van der Waals surface area contributed by atoms with Crippen molar-refractivity contribution >= 4 is 11.9 Å². The van der Waals surface area contributed by atoms with Crippen molar-refractivity contribution in [1.82, 2.24) is 14.7 Å². The highest BCUT2D eigenvalue weighted by atomic mass is 19.4. The van der Waals surface area contributed by atoms with Crippen molar-refractivity contribution in [3.63, 3.8) is 0 Å². The van der Waals surface area contributed by atoms with Gasteiger partial charge in [0.05, 0.1) is 6.42 Å². The average Bonchev–Trinajstić information content (AvgIpc) is 2.82. The highest BCUT2D eigenvalue weighted by Gasteiger charge is 2.33. The summed E-state index contributed by atoms with van der Waals surface area (Å²) in [5.41, 5.74) is -1.07. The predicted octanol–water partition coefficient (Wildman–Crippen LogP) is 1.86. The normalized spacial score (nSPS) is 11.7. The van der Waals surface area contributed by atoms with E-state index in [-0.39, 0.29) is 25.4 Å². The topological polar surface area (TPSA) is 75.4 Å². The Labute approximate surface area is 125 Å². The monoisotopic (exact) mass is 321 g/mol. The average molecular weight is 321 g/mol. The fourth-order valence-corrected chi connectivity index (χ4v) is 1.83. The summed E-state index contributed by atoms with van der Waals surface area (Å²) in [5.74, 6) is -1.40. The van der Waals surface area contributed by atoms with E-state index in [9.17, 15) is 22.8 Å². The minimum absolute atomic E-state index is 0.0136. The highest BCUT2D eigenvalue weighted by molar-refractivity contribution is 5.76. The largest absolute Gasteiger partial charge is 0.481 e. The maximum absolute atomic E-state index is 12.4. The van der Waals surface area contributed by atoms with E-state index in [0.29, 0.717) is 6.54 Å². The molecule has 0 atom stereocenters. The fraction of sp³-hybridized carbons (Fsp3) is 0.615. The lowest BCUT2D eigenvalue weighted by Gasteiger charge is -2.24. The molecule has 1 aromatic rings. The van der Waals surface area contributed by atoms with Crippen LogP contribution in [-0.4, -0.2) is 44.8 Å². The van der Waals surface area contributed by atoms with Crippen LogP contribution in [0.2, 0.25) is 0 Å². The van der Waals surface area contributed by atoms with Crippen LogP contribution >= 0.6 is 0 Å². The Bertz CT molecular complexity index is 526. The van der Waals surface area contributed by atoms with Crippen molar-refractivity contribution in [2.24, 2.45) is 5.92 Å². The standard InChI is InChI=1S/C13H18F3N3O3/c1-9(2)7-18(5-4-12(21)22)11(20)8-19-6-3-10(17-19)13(14,15)16/h3,6,9H,4-5,7-8H2,1-2H3,(H,21,22). The first-order chi connectivity index (χ1) is 10.1. The van der Waals surface area contributed by atoms with Crippen LogP contribution in [0.15, 0.2) is 12.3 Å². The van der Waals surface area contributed by atoms with Gasteiger partial charge in [-0.05, 0) is 12.0 Å². The van der Waals surface area contributed by atoms with Crippen LogP contribution in [0.4, 0.5) is 13.2 Å². The van der Waals surface area contributed by atoms with Gasteiger partial charge in [-0.25, -0.2) is 0 Å². The summed E-state index contributed by atoms with van der Waals surface area (Å²) < 4.78 is 38.2. The van der Waals surface area contributed by atoms with Crippen molar-refractivity contribution in [1.29, 1.82) is 0 Å². The molecule has 1 aromatic heterocycles. The van der Waals surface area contributed by atoms with Gasteiger partial charge in [0.2, 0.25) is 5.91 Å². The Hall–Kier alpha value is -2.06. The number of carboxylic acids is 1. The van der Waals surface area contributed by atoms with Crippen molar-refractivity contribution in [2.45, 2.75) is 33.0 Å². The van der Waals surface area contributed by atoms with Crippen molar-refractivity contribution in [3.8, 4) is 0 Å². The van der Waals surface area contributed by atoms with Crippen LogP contribution in [0.25, 0.3) is 0 Å². The molecule has 9 heteroatoms. The third-order valence-corrected chi connectivity index (χ3v) is 2.76. The minimum atomic E-state index is -4.56. The molecule has 22 heavy (non-hydrogen) atoms. The van der Waals surface area contributed by atoms with Gasteiger partial charge in [0.15, 0.2) is 5.69 Å². The first-order valence-electron chi connectivity index (χ1n) is 6.69. The molecule has 0 aliphatic rings. The van der Waals surface area contributed by atoms with Crippen LogP contribution < -0.4 is 0 Å². The summed E-state index contributed by atoms with van der Waals surface area (Å²) in [7, 11) is 0. The first kappa shape index (κ1) is 18.0. The number of hydrogen-bond acceptors (Lipinski definition) is 3. The quantitative estimate of drug-likeness (QED) is 0.832. The summed E-state index contributed by atoms with van der Waals surface area (Å²) in [6.07, 6.45) is -3.70. The van der Waals surface area contributed by atoms with Crippen LogP contribution in [0.5, 0.6) is 0 Å². The van der Waals surface area contributed by atoms with Crippen molar-refractivity contribution in [3.05, 3.63) is 18.0 Å². The smallest absolute Gasteiger partial charge is 0.435 e. The van der Waals surface area contributed by atoms with E-state index >= 15 is 0 Å². The first-order valence-corrected chi connectivity index (χ1v) is 6.69. The number of carboxylic acid groups (broad SMARTS) is 1. The van der Waals surface area contributed by atoms with Gasteiger partial charge >= 0.3 is 12.1 Å². The SMILES string of the molecule is CC(C)CN(CCC(=O)O)C(=O)Cn1ccc(C(F)(F)F)n1. The van der Waals surface area contributed by atoms with E-state index in [1.807, 2.05) is 13.8 Å². The molecule has 0 aromatic carbocycles. The summed E-state index contributed by atoms with van der Waals surface area (Å²) >= 11 is 0. The van der Waals surface area contributed by atoms with Gasteiger partial charge in [-0.1, -0.05) is 13.8 Å². The molecule has 1 amide bonds. The molecule has 1 heterocycles. The molecule has 0 aliphatic carbocycles. The van der Waals surface area contributed by atoms with E-state index < -0.39 is 23.7 Å². The zero-order valence-corrected chi connectivity index (χ0v) is 12.3. The molecular weight excluding hydrogens is 303 g/mol. The molecular formula is C13H18F3N3O3. The molecule has 1 N–H and O–H groups in total. The van der Waals surface area contributed by atoms with E-state index in [2.05, 4.69) is 5.10 Å². The lowest BCUT2D eigenvalue weighted by Crippen LogP contribution is -2.38. The lowest BCUT2D eigenvalue weighted by molar-refractivity contribution is -0.142. The number of amides is 1. The van der Waals surface area contributed by atoms with E-state index in [1.165, 1.54) is 4.90 Å². The van der Waals surface area contributed by atoms with E-state index in [1.54, 1.807) is 0 Å². The Morgan fingerprint density at radius 2 is 2.05 bits per heavy atom. The van der Waals surface area contributed by atoms with Crippen molar-refractivity contribution < 1.29 is 27.9 Å². The third-order valence-electron chi connectivity index (χ3n) is 2.76.